The minimum atomic E-state index is -0.434. The van der Waals surface area contributed by atoms with Crippen molar-refractivity contribution in [2.75, 3.05) is 0 Å². The minimum absolute atomic E-state index is 0.109. The topological polar surface area (TPSA) is 58.6 Å². The lowest BCUT2D eigenvalue weighted by atomic mass is 9.93. The number of rotatable bonds is 0. The first-order valence-corrected chi connectivity index (χ1v) is 4.92. The Morgan fingerprint density at radius 2 is 2.08 bits per heavy atom. The standard InChI is InChI=1S/C9H15NO3/c11-6-4-2-1-3-5-7-8(6)10-9(12)13-7/h6-8,11H,1-5H2,(H,10,12)/t6-,7-,8-/m1/s1. The van der Waals surface area contributed by atoms with Gasteiger partial charge in [-0.15, -0.1) is 0 Å². The van der Waals surface area contributed by atoms with E-state index >= 15 is 0 Å². The maximum absolute atomic E-state index is 10.9. The van der Waals surface area contributed by atoms with E-state index < -0.39 is 6.10 Å². The Morgan fingerprint density at radius 1 is 1.31 bits per heavy atom. The molecule has 1 aliphatic heterocycles. The van der Waals surface area contributed by atoms with E-state index in [-0.39, 0.29) is 18.2 Å². The second-order valence-corrected chi connectivity index (χ2v) is 3.82. The van der Waals surface area contributed by atoms with Gasteiger partial charge < -0.3 is 15.2 Å². The lowest BCUT2D eigenvalue weighted by Gasteiger charge is -2.24. The normalized spacial score (nSPS) is 39.8. The van der Waals surface area contributed by atoms with E-state index in [4.69, 9.17) is 4.74 Å². The van der Waals surface area contributed by atoms with Crippen LogP contribution in [0.25, 0.3) is 0 Å². The van der Waals surface area contributed by atoms with Crippen molar-refractivity contribution < 1.29 is 14.6 Å². The summed E-state index contributed by atoms with van der Waals surface area (Å²) in [5, 5.41) is 12.4. The monoisotopic (exact) mass is 185 g/mol. The molecule has 2 N–H and O–H groups in total. The number of carbonyl (C=O) groups excluding carboxylic acids is 1. The Kier molecular flexibility index (Phi) is 2.40. The lowest BCUT2D eigenvalue weighted by Crippen LogP contribution is -2.43. The van der Waals surface area contributed by atoms with Crippen molar-refractivity contribution in [1.29, 1.82) is 0 Å². The fourth-order valence-corrected chi connectivity index (χ4v) is 2.11. The highest BCUT2D eigenvalue weighted by molar-refractivity contribution is 5.70. The molecule has 0 radical (unpaired) electrons. The molecule has 0 aromatic rings. The predicted molar refractivity (Wildman–Crippen MR) is 46.3 cm³/mol. The van der Waals surface area contributed by atoms with Crippen molar-refractivity contribution in [1.82, 2.24) is 5.32 Å². The molecular formula is C9H15NO3. The number of carbonyl (C=O) groups is 1. The van der Waals surface area contributed by atoms with Crippen molar-refractivity contribution in [3.63, 3.8) is 0 Å². The molecule has 2 fully saturated rings. The molecular weight excluding hydrogens is 170 g/mol. The number of hydrogen-bond donors (Lipinski definition) is 2. The summed E-state index contributed by atoms with van der Waals surface area (Å²) >= 11 is 0. The smallest absolute Gasteiger partial charge is 0.407 e. The van der Waals surface area contributed by atoms with Crippen LogP contribution in [0.5, 0.6) is 0 Å². The summed E-state index contributed by atoms with van der Waals surface area (Å²) in [6.45, 7) is 0. The van der Waals surface area contributed by atoms with Gasteiger partial charge in [0, 0.05) is 0 Å². The van der Waals surface area contributed by atoms with Gasteiger partial charge in [0.2, 0.25) is 0 Å². The van der Waals surface area contributed by atoms with Crippen molar-refractivity contribution >= 4 is 6.09 Å². The summed E-state index contributed by atoms with van der Waals surface area (Å²) in [4.78, 5) is 10.9. The Labute approximate surface area is 77.3 Å². The first-order chi connectivity index (χ1) is 6.27. The van der Waals surface area contributed by atoms with Gasteiger partial charge in [0.15, 0.2) is 0 Å². The van der Waals surface area contributed by atoms with Crippen molar-refractivity contribution in [3.05, 3.63) is 0 Å². The molecule has 0 bridgehead atoms. The molecule has 74 valence electrons. The Morgan fingerprint density at radius 3 is 2.92 bits per heavy atom. The van der Waals surface area contributed by atoms with Crippen LogP contribution in [0, 0.1) is 0 Å². The third-order valence-electron chi connectivity index (χ3n) is 2.85. The second-order valence-electron chi connectivity index (χ2n) is 3.82. The van der Waals surface area contributed by atoms with E-state index in [1.165, 1.54) is 0 Å². The molecule has 4 heteroatoms. The number of alkyl carbamates (subject to hydrolysis) is 1. The van der Waals surface area contributed by atoms with Crippen molar-refractivity contribution in [2.45, 2.75) is 50.4 Å². The summed E-state index contributed by atoms with van der Waals surface area (Å²) in [5.41, 5.74) is 0. The third-order valence-corrected chi connectivity index (χ3v) is 2.85. The van der Waals surface area contributed by atoms with E-state index in [1.54, 1.807) is 0 Å². The van der Waals surface area contributed by atoms with E-state index in [2.05, 4.69) is 5.32 Å². The summed E-state index contributed by atoms with van der Waals surface area (Å²) in [5.74, 6) is 0. The van der Waals surface area contributed by atoms with Crippen LogP contribution in [0.3, 0.4) is 0 Å². The van der Waals surface area contributed by atoms with Crippen molar-refractivity contribution in [2.24, 2.45) is 0 Å². The van der Waals surface area contributed by atoms with Gasteiger partial charge in [0.05, 0.1) is 12.1 Å². The number of hydrogen-bond acceptors (Lipinski definition) is 3. The van der Waals surface area contributed by atoms with Crippen LogP contribution in [0.1, 0.15) is 32.1 Å². The highest BCUT2D eigenvalue weighted by atomic mass is 16.6. The molecule has 4 nitrogen and oxygen atoms in total. The van der Waals surface area contributed by atoms with E-state index in [1.807, 2.05) is 0 Å². The third kappa shape index (κ3) is 1.77. The SMILES string of the molecule is O=C1N[C@@H]2[C@H](O)CCCCC[C@H]2O1. The minimum Gasteiger partial charge on any atom is -0.444 e. The summed E-state index contributed by atoms with van der Waals surface area (Å²) in [7, 11) is 0. The zero-order valence-electron chi connectivity index (χ0n) is 7.53. The summed E-state index contributed by atoms with van der Waals surface area (Å²) < 4.78 is 5.06. The molecule has 0 aromatic heterocycles. The van der Waals surface area contributed by atoms with Gasteiger partial charge >= 0.3 is 6.09 Å². The zero-order chi connectivity index (χ0) is 9.26. The predicted octanol–water partition coefficient (Wildman–Crippen LogP) is 0.788. The van der Waals surface area contributed by atoms with Crippen LogP contribution < -0.4 is 5.32 Å². The van der Waals surface area contributed by atoms with Gasteiger partial charge in [-0.3, -0.25) is 0 Å². The van der Waals surface area contributed by atoms with E-state index in [0.717, 1.165) is 32.1 Å². The van der Waals surface area contributed by atoms with Gasteiger partial charge in [0.25, 0.3) is 0 Å². The van der Waals surface area contributed by atoms with Gasteiger partial charge in [-0.05, 0) is 19.3 Å². The van der Waals surface area contributed by atoms with Gasteiger partial charge in [0.1, 0.15) is 6.10 Å². The van der Waals surface area contributed by atoms with Crippen LogP contribution in [0.4, 0.5) is 4.79 Å². The highest BCUT2D eigenvalue weighted by Gasteiger charge is 2.38. The quantitative estimate of drug-likeness (QED) is 0.586. The number of fused-ring (bicyclic) bond motifs is 1. The number of aliphatic hydroxyl groups excluding tert-OH is 1. The molecule has 0 aromatic carbocycles. The largest absolute Gasteiger partial charge is 0.444 e. The molecule has 2 aliphatic rings. The Balaban J connectivity index is 2.04. The van der Waals surface area contributed by atoms with Crippen LogP contribution in [-0.2, 0) is 4.74 Å². The molecule has 2 rings (SSSR count). The maximum Gasteiger partial charge on any atom is 0.407 e. The van der Waals surface area contributed by atoms with Crippen LogP contribution in [0.15, 0.2) is 0 Å². The molecule has 1 saturated carbocycles. The first kappa shape index (κ1) is 8.81. The van der Waals surface area contributed by atoms with Gasteiger partial charge in [-0.1, -0.05) is 12.8 Å². The second kappa shape index (κ2) is 3.54. The average Bonchev–Trinajstić information content (AvgIpc) is 2.43. The molecule has 3 atom stereocenters. The Bertz CT molecular complexity index is 207. The Hall–Kier alpha value is -0.770. The van der Waals surface area contributed by atoms with Crippen LogP contribution in [-0.4, -0.2) is 29.4 Å². The van der Waals surface area contributed by atoms with E-state index in [0.29, 0.717) is 0 Å². The summed E-state index contributed by atoms with van der Waals surface area (Å²) in [6.07, 6.45) is 3.97. The number of nitrogens with one attached hydrogen (secondary N) is 1. The number of amides is 1. The number of ether oxygens (including phenoxy) is 1. The van der Waals surface area contributed by atoms with E-state index in [9.17, 15) is 9.90 Å². The highest BCUT2D eigenvalue weighted by Crippen LogP contribution is 2.24. The maximum atomic E-state index is 10.9. The molecule has 1 amide bonds. The van der Waals surface area contributed by atoms with Gasteiger partial charge in [-0.25, -0.2) is 4.79 Å². The summed E-state index contributed by atoms with van der Waals surface area (Å²) in [6, 6.07) is -0.173. The fraction of sp³-hybridized carbons (Fsp3) is 0.889. The average molecular weight is 185 g/mol. The zero-order valence-corrected chi connectivity index (χ0v) is 7.53. The number of aliphatic hydroxyl groups is 1. The fourth-order valence-electron chi connectivity index (χ4n) is 2.11. The van der Waals surface area contributed by atoms with Gasteiger partial charge in [-0.2, -0.15) is 0 Å². The lowest BCUT2D eigenvalue weighted by molar-refractivity contribution is 0.0591. The molecule has 0 spiro atoms. The molecule has 1 aliphatic carbocycles. The molecule has 0 unspecified atom stereocenters. The first-order valence-electron chi connectivity index (χ1n) is 4.92. The van der Waals surface area contributed by atoms with Crippen LogP contribution in [0.2, 0.25) is 0 Å². The van der Waals surface area contributed by atoms with Crippen LogP contribution >= 0.6 is 0 Å². The molecule has 13 heavy (non-hydrogen) atoms. The molecule has 1 saturated heterocycles. The van der Waals surface area contributed by atoms with Crippen molar-refractivity contribution in [3.8, 4) is 0 Å². The molecule has 1 heterocycles.